The van der Waals surface area contributed by atoms with Crippen molar-refractivity contribution >= 4 is 15.1 Å². The average molecular weight is 370 g/mol. The molecule has 2 rings (SSSR count). The molecule has 1 aliphatic rings. The molecule has 9 heteroatoms. The number of hydrogen-bond acceptors (Lipinski definition) is 6. The summed E-state index contributed by atoms with van der Waals surface area (Å²) >= 11 is 0. The molecule has 0 aromatic carbocycles. The molecule has 140 valence electrons. The number of H-pyrrole nitrogens is 1. The minimum atomic E-state index is -1.78. The lowest BCUT2D eigenvalue weighted by Crippen LogP contribution is -2.54. The minimum absolute atomic E-state index is 0.236. The van der Waals surface area contributed by atoms with Gasteiger partial charge in [0.25, 0.3) is 5.56 Å². The zero-order chi connectivity index (χ0) is 19.0. The minimum Gasteiger partial charge on any atom is -0.393 e. The van der Waals surface area contributed by atoms with Gasteiger partial charge in [0.05, 0.1) is 21.0 Å². The first-order valence-corrected chi connectivity index (χ1v) is 11.2. The fourth-order valence-electron chi connectivity index (χ4n) is 3.21. The summed E-state index contributed by atoms with van der Waals surface area (Å²) in [5.74, 6) is 0. The van der Waals surface area contributed by atoms with E-state index in [9.17, 15) is 19.5 Å². The number of nitrogens with zero attached hydrogens (tertiary/aromatic N) is 1. The molecule has 1 aromatic rings. The fraction of sp³-hybridized carbons (Fsp3) is 0.688. The maximum absolute atomic E-state index is 12.4. The Morgan fingerprint density at radius 2 is 2.12 bits per heavy atom. The second-order valence-corrected chi connectivity index (χ2v) is 10.9. The second kappa shape index (κ2) is 6.64. The van der Waals surface area contributed by atoms with Gasteiger partial charge < -0.3 is 14.6 Å². The first-order valence-electron chi connectivity index (χ1n) is 8.27. The van der Waals surface area contributed by atoms with Crippen molar-refractivity contribution in [1.29, 1.82) is 0 Å². The number of aldehydes is 1. The number of carbonyl (C=O) groups is 1. The fourth-order valence-corrected chi connectivity index (χ4v) is 5.11. The Morgan fingerprint density at radius 3 is 2.56 bits per heavy atom. The number of nitrogens with one attached hydrogen (secondary N) is 1. The largest absolute Gasteiger partial charge is 0.393 e. The van der Waals surface area contributed by atoms with Crippen molar-refractivity contribution in [1.82, 2.24) is 9.55 Å². The van der Waals surface area contributed by atoms with E-state index >= 15 is 0 Å². The Hall–Kier alpha value is -1.55. The molecular formula is C16H26N2O6Si. The van der Waals surface area contributed by atoms with Crippen LogP contribution in [0.3, 0.4) is 0 Å². The van der Waals surface area contributed by atoms with Crippen LogP contribution in [0, 0.1) is 0 Å². The van der Waals surface area contributed by atoms with Crippen LogP contribution in [0.1, 0.15) is 27.2 Å². The molecule has 2 N–H and O–H groups in total. The summed E-state index contributed by atoms with van der Waals surface area (Å²) < 4.78 is 13.5. The number of aromatic nitrogens is 2. The Morgan fingerprint density at radius 1 is 1.48 bits per heavy atom. The second-order valence-electron chi connectivity index (χ2n) is 7.74. The molecule has 1 aromatic heterocycles. The van der Waals surface area contributed by atoms with Crippen molar-refractivity contribution < 1.29 is 19.4 Å². The van der Waals surface area contributed by atoms with Crippen LogP contribution in [0.25, 0.3) is 0 Å². The van der Waals surface area contributed by atoms with Crippen LogP contribution in [0.5, 0.6) is 0 Å². The highest BCUT2D eigenvalue weighted by Crippen LogP contribution is 2.44. The monoisotopic (exact) mass is 370 g/mol. The van der Waals surface area contributed by atoms with E-state index in [1.807, 2.05) is 33.9 Å². The van der Waals surface area contributed by atoms with Gasteiger partial charge in [-0.2, -0.15) is 0 Å². The number of hydrogen-bond donors (Lipinski definition) is 2. The highest BCUT2D eigenvalue weighted by atomic mass is 28.3. The summed E-state index contributed by atoms with van der Waals surface area (Å²) in [4.78, 5) is 37.8. The summed E-state index contributed by atoms with van der Waals surface area (Å²) in [5, 5.41) is 8.80. The summed E-state index contributed by atoms with van der Waals surface area (Å²) in [5.41, 5.74) is -3.24. The Bertz CT molecular complexity index is 752. The highest BCUT2D eigenvalue weighted by molar-refractivity contribution is 6.58. The van der Waals surface area contributed by atoms with Crippen LogP contribution >= 0.6 is 0 Å². The summed E-state index contributed by atoms with van der Waals surface area (Å²) in [6.45, 7) is 8.93. The lowest BCUT2D eigenvalue weighted by molar-refractivity contribution is -0.176. The Labute approximate surface area is 147 Å². The molecule has 0 spiro atoms. The van der Waals surface area contributed by atoms with Gasteiger partial charge in [-0.05, 0) is 20.8 Å². The van der Waals surface area contributed by atoms with Gasteiger partial charge in [-0.1, -0.05) is 13.1 Å². The maximum atomic E-state index is 12.4. The van der Waals surface area contributed by atoms with Gasteiger partial charge in [0.15, 0.2) is 11.9 Å². The third-order valence-corrected chi connectivity index (χ3v) is 6.90. The maximum Gasteiger partial charge on any atom is 0.330 e. The van der Waals surface area contributed by atoms with E-state index < -0.39 is 49.3 Å². The van der Waals surface area contributed by atoms with Crippen LogP contribution in [0.15, 0.2) is 21.9 Å². The van der Waals surface area contributed by atoms with Crippen LogP contribution < -0.4 is 11.2 Å². The van der Waals surface area contributed by atoms with Crippen molar-refractivity contribution in [2.45, 2.75) is 62.9 Å². The van der Waals surface area contributed by atoms with Gasteiger partial charge in [0.2, 0.25) is 0 Å². The zero-order valence-electron chi connectivity index (χ0n) is 15.2. The van der Waals surface area contributed by atoms with Gasteiger partial charge in [0.1, 0.15) is 11.5 Å². The first kappa shape index (κ1) is 19.8. The molecule has 0 radical (unpaired) electrons. The number of ether oxygens (including phenoxy) is 2. The van der Waals surface area contributed by atoms with E-state index in [4.69, 9.17) is 9.47 Å². The lowest BCUT2D eigenvalue weighted by atomic mass is 9.98. The molecule has 1 aliphatic heterocycles. The number of carbonyl (C=O) groups excluding carboxylic acids is 1. The molecule has 0 unspecified atom stereocenters. The molecule has 1 fully saturated rings. The van der Waals surface area contributed by atoms with Crippen LogP contribution in [-0.2, 0) is 19.6 Å². The van der Waals surface area contributed by atoms with Crippen molar-refractivity contribution in [3.63, 3.8) is 0 Å². The van der Waals surface area contributed by atoms with E-state index in [1.165, 1.54) is 16.8 Å². The van der Waals surface area contributed by atoms with Gasteiger partial charge in [-0.25, -0.2) is 4.79 Å². The van der Waals surface area contributed by atoms with Crippen molar-refractivity contribution in [2.75, 3.05) is 6.61 Å². The van der Waals surface area contributed by atoms with E-state index in [-0.39, 0.29) is 6.42 Å². The van der Waals surface area contributed by atoms with Crippen molar-refractivity contribution in [3.05, 3.63) is 33.1 Å². The lowest BCUT2D eigenvalue weighted by Gasteiger charge is -2.36. The average Bonchev–Trinajstić information content (AvgIpc) is 2.81. The standard InChI is InChI=1S/C16H26N2O6Si/c1-14(2,3)23-11-8-16(25(4)5,24-15(11,9-19)10-20)18-7-6-12(21)17-13(18)22/h6-7,9,11,20,25H,8,10H2,1-5H3,(H,17,21,22)/t11-,15+,16-/m0/s1. The molecule has 8 nitrogen and oxygen atoms in total. The SMILES string of the molecule is C[SiH](C)[C@]1(n2ccc(=O)[nH]c2=O)C[C@H](OC(C)(C)C)[C@@](C=O)(CO)O1. The number of rotatable bonds is 5. The predicted octanol–water partition coefficient (Wildman–Crippen LogP) is -0.251. The van der Waals surface area contributed by atoms with E-state index in [0.29, 0.717) is 6.29 Å². The third-order valence-electron chi connectivity index (χ3n) is 4.47. The molecule has 0 aliphatic carbocycles. The molecular weight excluding hydrogens is 344 g/mol. The summed E-state index contributed by atoms with van der Waals surface area (Å²) in [6.07, 6.45) is 1.45. The van der Waals surface area contributed by atoms with E-state index in [0.717, 1.165) is 0 Å². The van der Waals surface area contributed by atoms with Gasteiger partial charge in [-0.3, -0.25) is 19.1 Å². The molecule has 0 amide bonds. The summed E-state index contributed by atoms with van der Waals surface area (Å²) in [7, 11) is -1.78. The van der Waals surface area contributed by atoms with Crippen LogP contribution in [-0.4, -0.2) is 53.7 Å². The smallest absolute Gasteiger partial charge is 0.330 e. The molecule has 3 atom stereocenters. The topological polar surface area (TPSA) is 111 Å². The van der Waals surface area contributed by atoms with Gasteiger partial charge >= 0.3 is 5.69 Å². The van der Waals surface area contributed by atoms with Crippen molar-refractivity contribution in [3.8, 4) is 0 Å². The molecule has 2 heterocycles. The normalized spacial score (nSPS) is 30.0. The molecule has 0 bridgehead atoms. The quantitative estimate of drug-likeness (QED) is 0.546. The molecule has 0 saturated carbocycles. The van der Waals surface area contributed by atoms with E-state index in [1.54, 1.807) is 0 Å². The predicted molar refractivity (Wildman–Crippen MR) is 94.4 cm³/mol. The zero-order valence-corrected chi connectivity index (χ0v) is 16.4. The van der Waals surface area contributed by atoms with E-state index in [2.05, 4.69) is 4.98 Å². The number of aliphatic hydroxyl groups is 1. The van der Waals surface area contributed by atoms with Gasteiger partial charge in [-0.15, -0.1) is 0 Å². The summed E-state index contributed by atoms with van der Waals surface area (Å²) in [6, 6.07) is 1.24. The number of aromatic amines is 1. The first-order chi connectivity index (χ1) is 11.5. The Balaban J connectivity index is 2.62. The van der Waals surface area contributed by atoms with Crippen LogP contribution in [0.2, 0.25) is 13.1 Å². The van der Waals surface area contributed by atoms with Gasteiger partial charge in [0, 0.05) is 18.7 Å². The Kier molecular flexibility index (Phi) is 5.25. The highest BCUT2D eigenvalue weighted by Gasteiger charge is 2.60. The van der Waals surface area contributed by atoms with Crippen molar-refractivity contribution in [2.24, 2.45) is 0 Å². The number of aliphatic hydroxyl groups excluding tert-OH is 1. The third kappa shape index (κ3) is 3.55. The van der Waals surface area contributed by atoms with Crippen LogP contribution in [0.4, 0.5) is 0 Å². The molecule has 25 heavy (non-hydrogen) atoms. The molecule has 1 saturated heterocycles.